The van der Waals surface area contributed by atoms with Crippen molar-refractivity contribution in [1.29, 1.82) is 0 Å². The zero-order chi connectivity index (χ0) is 17.2. The maximum atomic E-state index is 12.8. The van der Waals surface area contributed by atoms with Gasteiger partial charge in [-0.2, -0.15) is 0 Å². The van der Waals surface area contributed by atoms with Crippen LogP contribution in [-0.2, 0) is 10.0 Å². The molecule has 1 saturated heterocycles. The lowest BCUT2D eigenvalue weighted by Crippen LogP contribution is -2.30. The Bertz CT molecular complexity index is 828. The van der Waals surface area contributed by atoms with Gasteiger partial charge in [0.15, 0.2) is 0 Å². The highest BCUT2D eigenvalue weighted by molar-refractivity contribution is 7.92. The summed E-state index contributed by atoms with van der Waals surface area (Å²) in [5.41, 5.74) is 3.23. The van der Waals surface area contributed by atoms with E-state index in [1.165, 1.54) is 6.42 Å². The molecule has 1 aliphatic heterocycles. The number of aryl methyl sites for hydroxylation is 2. The van der Waals surface area contributed by atoms with Crippen molar-refractivity contribution >= 4 is 21.4 Å². The molecule has 0 spiro atoms. The Morgan fingerprint density at radius 3 is 2.54 bits per heavy atom. The van der Waals surface area contributed by atoms with Crippen LogP contribution >= 0.6 is 0 Å². The van der Waals surface area contributed by atoms with E-state index in [9.17, 15) is 8.42 Å². The van der Waals surface area contributed by atoms with E-state index in [-0.39, 0.29) is 0 Å². The van der Waals surface area contributed by atoms with Crippen molar-refractivity contribution < 1.29 is 8.42 Å². The molecule has 0 radical (unpaired) electrons. The minimum Gasteiger partial charge on any atom is -0.369 e. The molecular formula is C18H23N3O2S. The Labute approximate surface area is 143 Å². The number of pyridine rings is 1. The largest absolute Gasteiger partial charge is 0.369 e. The molecule has 2 heterocycles. The van der Waals surface area contributed by atoms with E-state index in [0.717, 1.165) is 42.7 Å². The predicted octanol–water partition coefficient (Wildman–Crippen LogP) is 3.49. The van der Waals surface area contributed by atoms with Gasteiger partial charge in [-0.05, 0) is 50.8 Å². The van der Waals surface area contributed by atoms with Crippen molar-refractivity contribution in [2.24, 2.45) is 0 Å². The molecule has 0 atom stereocenters. The van der Waals surface area contributed by atoms with Crippen LogP contribution in [0.25, 0.3) is 0 Å². The van der Waals surface area contributed by atoms with Crippen LogP contribution in [0.3, 0.4) is 0 Å². The maximum absolute atomic E-state index is 12.8. The zero-order valence-electron chi connectivity index (χ0n) is 14.1. The molecule has 24 heavy (non-hydrogen) atoms. The predicted molar refractivity (Wildman–Crippen MR) is 97.0 cm³/mol. The molecular weight excluding hydrogens is 322 g/mol. The maximum Gasteiger partial charge on any atom is 0.262 e. The lowest BCUT2D eigenvalue weighted by Gasteiger charge is -2.30. The normalized spacial score (nSPS) is 15.3. The van der Waals surface area contributed by atoms with Crippen LogP contribution in [0.15, 0.2) is 41.6 Å². The first-order chi connectivity index (χ1) is 11.5. The van der Waals surface area contributed by atoms with E-state index < -0.39 is 10.0 Å². The SMILES string of the molecule is Cc1ccc(S(=O)(=O)Nc2ccncc2N2CCCCC2)c(C)c1. The first-order valence-corrected chi connectivity index (χ1v) is 9.75. The van der Waals surface area contributed by atoms with Gasteiger partial charge in [0, 0.05) is 19.3 Å². The van der Waals surface area contributed by atoms with Crippen molar-refractivity contribution in [3.8, 4) is 0 Å². The molecule has 0 amide bonds. The second-order valence-corrected chi connectivity index (χ2v) is 7.97. The first kappa shape index (κ1) is 16.8. The number of nitrogens with one attached hydrogen (secondary N) is 1. The molecule has 0 aliphatic carbocycles. The van der Waals surface area contributed by atoms with E-state index in [4.69, 9.17) is 0 Å². The molecule has 0 saturated carbocycles. The van der Waals surface area contributed by atoms with Crippen molar-refractivity contribution in [3.05, 3.63) is 47.8 Å². The van der Waals surface area contributed by atoms with Crippen LogP contribution in [0.1, 0.15) is 30.4 Å². The number of hydrogen-bond donors (Lipinski definition) is 1. The number of rotatable bonds is 4. The van der Waals surface area contributed by atoms with Crippen LogP contribution < -0.4 is 9.62 Å². The summed E-state index contributed by atoms with van der Waals surface area (Å²) < 4.78 is 28.4. The summed E-state index contributed by atoms with van der Waals surface area (Å²) in [6.45, 7) is 5.64. The summed E-state index contributed by atoms with van der Waals surface area (Å²) in [6.07, 6.45) is 6.83. The molecule has 1 aromatic heterocycles. The van der Waals surface area contributed by atoms with Gasteiger partial charge in [0.05, 0.1) is 22.5 Å². The summed E-state index contributed by atoms with van der Waals surface area (Å²) in [5.74, 6) is 0. The average Bonchev–Trinajstić information content (AvgIpc) is 2.55. The summed E-state index contributed by atoms with van der Waals surface area (Å²) in [4.78, 5) is 6.70. The molecule has 1 N–H and O–H groups in total. The summed E-state index contributed by atoms with van der Waals surface area (Å²) in [6, 6.07) is 7.09. The van der Waals surface area contributed by atoms with E-state index in [2.05, 4.69) is 14.6 Å². The van der Waals surface area contributed by atoms with E-state index >= 15 is 0 Å². The van der Waals surface area contributed by atoms with Crippen molar-refractivity contribution in [2.45, 2.75) is 38.0 Å². The van der Waals surface area contributed by atoms with Gasteiger partial charge in [-0.3, -0.25) is 9.71 Å². The minimum atomic E-state index is -3.63. The van der Waals surface area contributed by atoms with Gasteiger partial charge in [-0.15, -0.1) is 0 Å². The molecule has 3 rings (SSSR count). The van der Waals surface area contributed by atoms with Crippen LogP contribution in [0, 0.1) is 13.8 Å². The van der Waals surface area contributed by atoms with Gasteiger partial charge in [0.1, 0.15) is 0 Å². The lowest BCUT2D eigenvalue weighted by atomic mass is 10.1. The summed E-state index contributed by atoms with van der Waals surface area (Å²) >= 11 is 0. The highest BCUT2D eigenvalue weighted by Gasteiger charge is 2.21. The number of nitrogens with zero attached hydrogens (tertiary/aromatic N) is 2. The average molecular weight is 345 g/mol. The van der Waals surface area contributed by atoms with Gasteiger partial charge >= 0.3 is 0 Å². The number of anilines is 2. The van der Waals surface area contributed by atoms with Crippen molar-refractivity contribution in [1.82, 2.24) is 4.98 Å². The molecule has 2 aromatic rings. The molecule has 6 heteroatoms. The number of piperidine rings is 1. The number of aromatic nitrogens is 1. The van der Waals surface area contributed by atoms with Crippen LogP contribution in [0.5, 0.6) is 0 Å². The van der Waals surface area contributed by atoms with Crippen molar-refractivity contribution in [3.63, 3.8) is 0 Å². The Hall–Kier alpha value is -2.08. The fourth-order valence-electron chi connectivity index (χ4n) is 3.16. The second-order valence-electron chi connectivity index (χ2n) is 6.31. The van der Waals surface area contributed by atoms with Gasteiger partial charge in [-0.25, -0.2) is 8.42 Å². The Balaban J connectivity index is 1.93. The lowest BCUT2D eigenvalue weighted by molar-refractivity contribution is 0.577. The second kappa shape index (κ2) is 6.81. The van der Waals surface area contributed by atoms with Crippen LogP contribution in [-0.4, -0.2) is 26.5 Å². The van der Waals surface area contributed by atoms with E-state index in [1.54, 1.807) is 24.5 Å². The molecule has 5 nitrogen and oxygen atoms in total. The molecule has 1 fully saturated rings. The van der Waals surface area contributed by atoms with Gasteiger partial charge in [0.25, 0.3) is 10.0 Å². The van der Waals surface area contributed by atoms with Crippen LogP contribution in [0.2, 0.25) is 0 Å². The Kier molecular flexibility index (Phi) is 4.76. The van der Waals surface area contributed by atoms with Crippen molar-refractivity contribution in [2.75, 3.05) is 22.7 Å². The smallest absolute Gasteiger partial charge is 0.262 e. The standard InChI is InChI=1S/C18H23N3O2S/c1-14-6-7-18(15(2)12-14)24(22,23)20-16-8-9-19-13-17(16)21-10-4-3-5-11-21/h6-9,12-13H,3-5,10-11H2,1-2H3,(H,19,20). The van der Waals surface area contributed by atoms with Gasteiger partial charge in [0.2, 0.25) is 0 Å². The first-order valence-electron chi connectivity index (χ1n) is 8.26. The zero-order valence-corrected chi connectivity index (χ0v) is 14.9. The topological polar surface area (TPSA) is 62.3 Å². The fourth-order valence-corrected chi connectivity index (χ4v) is 4.46. The highest BCUT2D eigenvalue weighted by Crippen LogP contribution is 2.30. The quantitative estimate of drug-likeness (QED) is 0.921. The fraction of sp³-hybridized carbons (Fsp3) is 0.389. The third kappa shape index (κ3) is 3.53. The van der Waals surface area contributed by atoms with Crippen LogP contribution in [0.4, 0.5) is 11.4 Å². The monoisotopic (exact) mass is 345 g/mol. The number of hydrogen-bond acceptors (Lipinski definition) is 4. The molecule has 0 bridgehead atoms. The number of benzene rings is 1. The molecule has 1 aliphatic rings. The number of sulfonamides is 1. The summed E-state index contributed by atoms with van der Waals surface area (Å²) in [7, 11) is -3.63. The molecule has 128 valence electrons. The van der Waals surface area contributed by atoms with Gasteiger partial charge < -0.3 is 4.90 Å². The molecule has 1 aromatic carbocycles. The Morgan fingerprint density at radius 2 is 1.83 bits per heavy atom. The molecule has 0 unspecified atom stereocenters. The minimum absolute atomic E-state index is 0.314. The third-order valence-electron chi connectivity index (χ3n) is 4.36. The summed E-state index contributed by atoms with van der Waals surface area (Å²) in [5, 5.41) is 0. The Morgan fingerprint density at radius 1 is 1.08 bits per heavy atom. The van der Waals surface area contributed by atoms with E-state index in [1.807, 2.05) is 26.0 Å². The third-order valence-corrected chi connectivity index (χ3v) is 5.89. The van der Waals surface area contributed by atoms with Gasteiger partial charge in [-0.1, -0.05) is 17.7 Å². The highest BCUT2D eigenvalue weighted by atomic mass is 32.2. The van der Waals surface area contributed by atoms with E-state index in [0.29, 0.717) is 10.6 Å².